The number of nitrogens with zero attached hydrogens (tertiary/aromatic N) is 4. The van der Waals surface area contributed by atoms with Gasteiger partial charge in [0.05, 0.1) is 27.8 Å². The van der Waals surface area contributed by atoms with E-state index in [0.717, 1.165) is 33.7 Å². The third kappa shape index (κ3) is 3.22. The molecule has 0 radical (unpaired) electrons. The van der Waals surface area contributed by atoms with Crippen molar-refractivity contribution in [3.05, 3.63) is 139 Å². The molecule has 0 aliphatic carbocycles. The Labute approximate surface area is 230 Å². The first-order valence-corrected chi connectivity index (χ1v) is 13.3. The van der Waals surface area contributed by atoms with Crippen molar-refractivity contribution in [2.75, 3.05) is 0 Å². The quantitative estimate of drug-likeness (QED) is 0.238. The number of fused-ring (bicyclic) bond motifs is 7. The average Bonchev–Trinajstić information content (AvgIpc) is 3.54. The van der Waals surface area contributed by atoms with Gasteiger partial charge in [-0.2, -0.15) is 5.26 Å². The smallest absolute Gasteiger partial charge is 0.141 e. The van der Waals surface area contributed by atoms with Crippen molar-refractivity contribution >= 4 is 43.6 Å². The number of hydrogen-bond acceptors (Lipinski definition) is 2. The maximum Gasteiger partial charge on any atom is 0.141 e. The van der Waals surface area contributed by atoms with Gasteiger partial charge in [0.1, 0.15) is 11.8 Å². The van der Waals surface area contributed by atoms with Crippen LogP contribution in [-0.2, 0) is 0 Å². The van der Waals surface area contributed by atoms with E-state index in [0.29, 0.717) is 5.69 Å². The van der Waals surface area contributed by atoms with Gasteiger partial charge in [0.25, 0.3) is 0 Å². The van der Waals surface area contributed by atoms with Crippen molar-refractivity contribution in [1.82, 2.24) is 14.1 Å². The third-order valence-corrected chi connectivity index (χ3v) is 7.75. The molecule has 0 unspecified atom stereocenters. The van der Waals surface area contributed by atoms with Gasteiger partial charge < -0.3 is 9.13 Å². The molecule has 186 valence electrons. The molecule has 0 saturated heterocycles. The minimum Gasteiger partial charge on any atom is -0.309 e. The van der Waals surface area contributed by atoms with Crippen molar-refractivity contribution in [3.8, 4) is 28.7 Å². The number of benzene rings is 5. The zero-order chi connectivity index (χ0) is 26.6. The maximum absolute atomic E-state index is 9.38. The van der Waals surface area contributed by atoms with Gasteiger partial charge >= 0.3 is 0 Å². The Balaban J connectivity index is 1.49. The zero-order valence-electron chi connectivity index (χ0n) is 21.5. The lowest BCUT2D eigenvalue weighted by atomic mass is 10.1. The molecule has 4 nitrogen and oxygen atoms in total. The minimum atomic E-state index is 0.413. The van der Waals surface area contributed by atoms with Crippen molar-refractivity contribution in [2.45, 2.75) is 0 Å². The SMILES string of the molecule is N#Cc1cccc(-c2cccc(-n3c4ccccc4c4c3ccc3c5ccccc5n(-c5ccccc5)c34)c2)n1. The molecule has 0 bridgehead atoms. The van der Waals surface area contributed by atoms with Gasteiger partial charge in [0.2, 0.25) is 0 Å². The second-order valence-electron chi connectivity index (χ2n) is 9.97. The second-order valence-corrected chi connectivity index (χ2v) is 9.97. The largest absolute Gasteiger partial charge is 0.309 e. The molecule has 0 spiro atoms. The molecule has 0 N–H and O–H groups in total. The zero-order valence-corrected chi connectivity index (χ0v) is 21.5. The number of rotatable bonds is 3. The predicted molar refractivity (Wildman–Crippen MR) is 163 cm³/mol. The Hall–Kier alpha value is -5.66. The van der Waals surface area contributed by atoms with Gasteiger partial charge in [-0.05, 0) is 54.6 Å². The van der Waals surface area contributed by atoms with Crippen LogP contribution in [0.5, 0.6) is 0 Å². The van der Waals surface area contributed by atoms with E-state index in [-0.39, 0.29) is 0 Å². The fourth-order valence-electron chi connectivity index (χ4n) is 6.09. The van der Waals surface area contributed by atoms with E-state index >= 15 is 0 Å². The molecular weight excluding hydrogens is 488 g/mol. The first-order chi connectivity index (χ1) is 19.8. The summed E-state index contributed by atoms with van der Waals surface area (Å²) in [5.41, 5.74) is 9.05. The average molecular weight is 511 g/mol. The molecule has 0 atom stereocenters. The van der Waals surface area contributed by atoms with Crippen molar-refractivity contribution < 1.29 is 0 Å². The van der Waals surface area contributed by atoms with Crippen LogP contribution in [-0.4, -0.2) is 14.1 Å². The molecule has 0 fully saturated rings. The molecule has 8 aromatic rings. The van der Waals surface area contributed by atoms with E-state index in [4.69, 9.17) is 0 Å². The number of para-hydroxylation sites is 3. The predicted octanol–water partition coefficient (Wildman–Crippen LogP) is 8.81. The van der Waals surface area contributed by atoms with E-state index in [1.807, 2.05) is 18.2 Å². The highest BCUT2D eigenvalue weighted by atomic mass is 15.0. The van der Waals surface area contributed by atoms with Crippen molar-refractivity contribution in [1.29, 1.82) is 5.26 Å². The Bertz CT molecular complexity index is 2280. The summed E-state index contributed by atoms with van der Waals surface area (Å²) in [6.45, 7) is 0. The van der Waals surface area contributed by atoms with E-state index < -0.39 is 0 Å². The minimum absolute atomic E-state index is 0.413. The number of aromatic nitrogens is 3. The van der Waals surface area contributed by atoms with Gasteiger partial charge in [0, 0.05) is 38.5 Å². The summed E-state index contributed by atoms with van der Waals surface area (Å²) in [6.07, 6.45) is 0. The third-order valence-electron chi connectivity index (χ3n) is 7.75. The van der Waals surface area contributed by atoms with Crippen molar-refractivity contribution in [2.24, 2.45) is 0 Å². The molecule has 0 saturated carbocycles. The monoisotopic (exact) mass is 510 g/mol. The summed E-state index contributed by atoms with van der Waals surface area (Å²) in [4.78, 5) is 4.55. The van der Waals surface area contributed by atoms with E-state index in [1.165, 1.54) is 32.6 Å². The van der Waals surface area contributed by atoms with E-state index in [9.17, 15) is 5.26 Å². The number of nitriles is 1. The lowest BCUT2D eigenvalue weighted by Gasteiger charge is -2.11. The van der Waals surface area contributed by atoms with Gasteiger partial charge in [0.15, 0.2) is 0 Å². The Morgan fingerprint density at radius 3 is 2.05 bits per heavy atom. The first kappa shape index (κ1) is 22.3. The maximum atomic E-state index is 9.38. The highest BCUT2D eigenvalue weighted by molar-refractivity contribution is 6.26. The summed E-state index contributed by atoms with van der Waals surface area (Å²) >= 11 is 0. The number of pyridine rings is 1. The fraction of sp³-hybridized carbons (Fsp3) is 0. The summed E-state index contributed by atoms with van der Waals surface area (Å²) in [6, 6.07) is 48.5. The number of hydrogen-bond donors (Lipinski definition) is 0. The van der Waals surface area contributed by atoms with Crippen LogP contribution in [0.15, 0.2) is 133 Å². The summed E-state index contributed by atoms with van der Waals surface area (Å²) < 4.78 is 4.74. The van der Waals surface area contributed by atoms with Crippen LogP contribution in [0.4, 0.5) is 0 Å². The molecule has 0 amide bonds. The summed E-state index contributed by atoms with van der Waals surface area (Å²) in [5, 5.41) is 14.3. The van der Waals surface area contributed by atoms with Crippen molar-refractivity contribution in [3.63, 3.8) is 0 Å². The normalized spacial score (nSPS) is 11.5. The fourth-order valence-corrected chi connectivity index (χ4v) is 6.09. The molecule has 5 aromatic carbocycles. The summed E-state index contributed by atoms with van der Waals surface area (Å²) in [7, 11) is 0. The Morgan fingerprint density at radius 2 is 1.23 bits per heavy atom. The van der Waals surface area contributed by atoms with Gasteiger partial charge in [-0.25, -0.2) is 4.98 Å². The van der Waals surface area contributed by atoms with Crippen LogP contribution >= 0.6 is 0 Å². The first-order valence-electron chi connectivity index (χ1n) is 13.3. The van der Waals surface area contributed by atoms with Crippen LogP contribution in [0.2, 0.25) is 0 Å². The molecule has 3 heterocycles. The van der Waals surface area contributed by atoms with Gasteiger partial charge in [-0.3, -0.25) is 0 Å². The molecule has 3 aromatic heterocycles. The Morgan fingerprint density at radius 1 is 0.525 bits per heavy atom. The van der Waals surface area contributed by atoms with Gasteiger partial charge in [-0.15, -0.1) is 0 Å². The van der Waals surface area contributed by atoms with E-state index in [1.54, 1.807) is 6.07 Å². The molecule has 0 aliphatic rings. The standard InChI is InChI=1S/C36H22N4/c37-23-25-11-9-17-31(38-25)24-10-8-14-27(22-24)39-33-19-7-5-16-30(33)35-34(39)21-20-29-28-15-4-6-18-32(28)40(36(29)35)26-12-2-1-3-13-26/h1-22H. The molecule has 8 rings (SSSR count). The molecule has 4 heteroatoms. The highest BCUT2D eigenvalue weighted by Gasteiger charge is 2.20. The highest BCUT2D eigenvalue weighted by Crippen LogP contribution is 2.42. The topological polar surface area (TPSA) is 46.5 Å². The molecule has 40 heavy (non-hydrogen) atoms. The van der Waals surface area contributed by atoms with Crippen LogP contribution in [0, 0.1) is 11.3 Å². The van der Waals surface area contributed by atoms with Crippen LogP contribution in [0.1, 0.15) is 5.69 Å². The van der Waals surface area contributed by atoms with Crippen LogP contribution in [0.3, 0.4) is 0 Å². The Kier molecular flexibility index (Phi) is 4.85. The second kappa shape index (κ2) is 8.69. The lowest BCUT2D eigenvalue weighted by molar-refractivity contribution is 1.17. The van der Waals surface area contributed by atoms with Crippen LogP contribution in [0.25, 0.3) is 66.2 Å². The molecule has 0 aliphatic heterocycles. The summed E-state index contributed by atoms with van der Waals surface area (Å²) in [5.74, 6) is 0. The van der Waals surface area contributed by atoms with Gasteiger partial charge in [-0.1, -0.05) is 78.9 Å². The lowest BCUT2D eigenvalue weighted by Crippen LogP contribution is -1.96. The molecular formula is C36H22N4. The van der Waals surface area contributed by atoms with Crippen LogP contribution < -0.4 is 0 Å². The van der Waals surface area contributed by atoms with E-state index in [2.05, 4.69) is 129 Å².